The highest BCUT2D eigenvalue weighted by Crippen LogP contribution is 2.16. The number of sulfone groups is 1. The quantitative estimate of drug-likeness (QED) is 0.366. The third-order valence-electron chi connectivity index (χ3n) is 3.83. The molecule has 1 aromatic carbocycles. The summed E-state index contributed by atoms with van der Waals surface area (Å²) in [5.41, 5.74) is 0.580. The van der Waals surface area contributed by atoms with Crippen LogP contribution in [0.5, 0.6) is 0 Å². The zero-order valence-electron chi connectivity index (χ0n) is 16.1. The first-order valence-corrected chi connectivity index (χ1v) is 11.0. The fraction of sp³-hybridized carbons (Fsp3) is 0.611. The summed E-state index contributed by atoms with van der Waals surface area (Å²) in [6, 6.07) is 6.71. The van der Waals surface area contributed by atoms with Crippen molar-refractivity contribution in [1.29, 1.82) is 0 Å². The van der Waals surface area contributed by atoms with Gasteiger partial charge < -0.3 is 15.5 Å². The summed E-state index contributed by atoms with van der Waals surface area (Å²) in [7, 11) is -1.10. The van der Waals surface area contributed by atoms with Crippen LogP contribution in [0.3, 0.4) is 0 Å². The molecule has 0 aliphatic rings. The Kier molecular flexibility index (Phi) is 9.40. The summed E-state index contributed by atoms with van der Waals surface area (Å²) in [5, 5.41) is 6.38. The number of guanidine groups is 1. The monoisotopic (exact) mass is 386 g/mol. The molecule has 6 nitrogen and oxygen atoms in total. The van der Waals surface area contributed by atoms with Crippen LogP contribution < -0.4 is 15.5 Å². The largest absolute Gasteiger partial charge is 0.372 e. The number of aliphatic imine (C=N–C) groups is 1. The van der Waals surface area contributed by atoms with Gasteiger partial charge in [0.05, 0.1) is 11.4 Å². The number of hydrogen-bond donors (Lipinski definition) is 2. The van der Waals surface area contributed by atoms with Crippen LogP contribution in [0.2, 0.25) is 0 Å². The molecule has 0 bridgehead atoms. The molecule has 1 rings (SSSR count). The van der Waals surface area contributed by atoms with Crippen LogP contribution in [-0.2, 0) is 9.84 Å². The maximum Gasteiger partial charge on any atom is 0.191 e. The molecule has 148 valence electrons. The Hall–Kier alpha value is -1.83. The second-order valence-corrected chi connectivity index (χ2v) is 8.71. The summed E-state index contributed by atoms with van der Waals surface area (Å²) in [6.07, 6.45) is 2.55. The highest BCUT2D eigenvalue weighted by atomic mass is 32.2. The highest BCUT2D eigenvalue weighted by Gasteiger charge is 2.10. The molecule has 0 saturated carbocycles. The number of nitrogens with zero attached hydrogens (tertiary/aromatic N) is 2. The van der Waals surface area contributed by atoms with Gasteiger partial charge in [0, 0.05) is 39.0 Å². The van der Waals surface area contributed by atoms with Crippen molar-refractivity contribution in [2.75, 3.05) is 43.6 Å². The van der Waals surface area contributed by atoms with E-state index in [4.69, 9.17) is 0 Å². The number of anilines is 1. The van der Waals surface area contributed by atoms with Crippen molar-refractivity contribution in [2.45, 2.75) is 32.7 Å². The fourth-order valence-corrected chi connectivity index (χ4v) is 3.18. The lowest BCUT2D eigenvalue weighted by molar-refractivity contribution is 0.581. The minimum atomic E-state index is -2.96. The van der Waals surface area contributed by atoms with Crippen molar-refractivity contribution < 1.29 is 12.8 Å². The Morgan fingerprint density at radius 2 is 2.04 bits per heavy atom. The Balaban J connectivity index is 2.47. The number of para-hydroxylation sites is 1. The van der Waals surface area contributed by atoms with Gasteiger partial charge in [-0.15, -0.1) is 0 Å². The Bertz CT molecular complexity index is 680. The van der Waals surface area contributed by atoms with Gasteiger partial charge in [-0.2, -0.15) is 0 Å². The lowest BCUT2D eigenvalue weighted by Gasteiger charge is -2.20. The molecule has 0 spiro atoms. The number of halogens is 1. The lowest BCUT2D eigenvalue weighted by Crippen LogP contribution is -2.43. The van der Waals surface area contributed by atoms with E-state index in [1.807, 2.05) is 31.9 Å². The number of rotatable bonds is 10. The third kappa shape index (κ3) is 9.03. The molecule has 0 saturated heterocycles. The smallest absolute Gasteiger partial charge is 0.191 e. The first kappa shape index (κ1) is 22.2. The van der Waals surface area contributed by atoms with Gasteiger partial charge >= 0.3 is 0 Å². The first-order chi connectivity index (χ1) is 12.2. The highest BCUT2D eigenvalue weighted by molar-refractivity contribution is 7.90. The van der Waals surface area contributed by atoms with E-state index in [1.165, 1.54) is 12.3 Å². The van der Waals surface area contributed by atoms with Crippen molar-refractivity contribution >= 4 is 21.5 Å². The Labute approximate surface area is 156 Å². The molecule has 1 atom stereocenters. The molecule has 0 fully saturated rings. The first-order valence-electron chi connectivity index (χ1n) is 8.91. The van der Waals surface area contributed by atoms with Gasteiger partial charge in [0.25, 0.3) is 0 Å². The van der Waals surface area contributed by atoms with Crippen LogP contribution in [0.4, 0.5) is 10.1 Å². The molecule has 0 amide bonds. The van der Waals surface area contributed by atoms with Crippen LogP contribution in [0.15, 0.2) is 29.3 Å². The molecule has 1 aromatic rings. The van der Waals surface area contributed by atoms with Crippen LogP contribution in [0.25, 0.3) is 0 Å². The number of hydrogen-bond acceptors (Lipinski definition) is 4. The summed E-state index contributed by atoms with van der Waals surface area (Å²) >= 11 is 0. The van der Waals surface area contributed by atoms with E-state index in [1.54, 1.807) is 12.1 Å². The maximum absolute atomic E-state index is 13.7. The molecule has 0 radical (unpaired) electrons. The second-order valence-electron chi connectivity index (χ2n) is 6.45. The van der Waals surface area contributed by atoms with Crippen molar-refractivity contribution in [2.24, 2.45) is 4.99 Å². The predicted octanol–water partition coefficient (Wildman–Crippen LogP) is 2.03. The van der Waals surface area contributed by atoms with Crippen molar-refractivity contribution in [3.63, 3.8) is 0 Å². The van der Waals surface area contributed by atoms with Gasteiger partial charge in [0.1, 0.15) is 15.7 Å². The number of benzene rings is 1. The molecule has 8 heteroatoms. The van der Waals surface area contributed by atoms with Crippen molar-refractivity contribution in [3.05, 3.63) is 30.1 Å². The van der Waals surface area contributed by atoms with Crippen LogP contribution in [0.1, 0.15) is 26.7 Å². The summed E-state index contributed by atoms with van der Waals surface area (Å²) < 4.78 is 36.3. The number of nitrogens with one attached hydrogen (secondary N) is 2. The van der Waals surface area contributed by atoms with Gasteiger partial charge in [-0.05, 0) is 38.8 Å². The van der Waals surface area contributed by atoms with Gasteiger partial charge in [-0.1, -0.05) is 12.1 Å². The average Bonchev–Trinajstić information content (AvgIpc) is 2.56. The fourth-order valence-electron chi connectivity index (χ4n) is 2.40. The molecule has 0 aliphatic carbocycles. The van der Waals surface area contributed by atoms with Gasteiger partial charge in [-0.3, -0.25) is 4.99 Å². The third-order valence-corrected chi connectivity index (χ3v) is 4.81. The summed E-state index contributed by atoms with van der Waals surface area (Å²) in [6.45, 7) is 5.91. The molecule has 2 N–H and O–H groups in total. The van der Waals surface area contributed by atoms with E-state index >= 15 is 0 Å². The lowest BCUT2D eigenvalue weighted by atomic mass is 10.2. The molecular formula is C18H31FN4O2S. The van der Waals surface area contributed by atoms with Crippen molar-refractivity contribution in [1.82, 2.24) is 10.6 Å². The van der Waals surface area contributed by atoms with Crippen molar-refractivity contribution in [3.8, 4) is 0 Å². The Morgan fingerprint density at radius 1 is 1.35 bits per heavy atom. The van der Waals surface area contributed by atoms with Crippen LogP contribution in [0, 0.1) is 5.82 Å². The molecule has 1 unspecified atom stereocenters. The topological polar surface area (TPSA) is 73.8 Å². The standard InChI is InChI=1S/C18H31FN4O2S/c1-5-20-18(22-15(2)11-14-26(4,24)25)21-12-8-13-23(3)17-10-7-6-9-16(17)19/h6-7,9-10,15H,5,8,11-14H2,1-4H3,(H2,20,21,22). The molecule has 0 aromatic heterocycles. The van der Waals surface area contributed by atoms with Crippen LogP contribution in [-0.4, -0.2) is 59.1 Å². The van der Waals surface area contributed by atoms with Gasteiger partial charge in [-0.25, -0.2) is 12.8 Å². The normalized spacial score (nSPS) is 13.3. The molecule has 0 aliphatic heterocycles. The predicted molar refractivity (Wildman–Crippen MR) is 107 cm³/mol. The van der Waals surface area contributed by atoms with E-state index in [0.717, 1.165) is 13.0 Å². The van der Waals surface area contributed by atoms with E-state index in [9.17, 15) is 12.8 Å². The minimum absolute atomic E-state index is 0.00335. The molecule has 26 heavy (non-hydrogen) atoms. The molecular weight excluding hydrogens is 355 g/mol. The van der Waals surface area contributed by atoms with Gasteiger partial charge in [0.15, 0.2) is 5.96 Å². The van der Waals surface area contributed by atoms with Gasteiger partial charge in [0.2, 0.25) is 0 Å². The second kappa shape index (κ2) is 11.0. The summed E-state index contributed by atoms with van der Waals surface area (Å²) in [5.74, 6) is 0.587. The van der Waals surface area contributed by atoms with E-state index in [0.29, 0.717) is 31.2 Å². The Morgan fingerprint density at radius 3 is 2.65 bits per heavy atom. The minimum Gasteiger partial charge on any atom is -0.372 e. The van der Waals surface area contributed by atoms with E-state index < -0.39 is 9.84 Å². The average molecular weight is 387 g/mol. The van der Waals surface area contributed by atoms with Crippen LogP contribution >= 0.6 is 0 Å². The van der Waals surface area contributed by atoms with E-state index in [-0.39, 0.29) is 17.6 Å². The maximum atomic E-state index is 13.7. The zero-order valence-corrected chi connectivity index (χ0v) is 16.9. The molecule has 0 heterocycles. The SMILES string of the molecule is CCNC(=NCCCN(C)c1ccccc1F)NC(C)CCS(C)(=O)=O. The van der Waals surface area contributed by atoms with E-state index in [2.05, 4.69) is 15.6 Å². The zero-order chi connectivity index (χ0) is 19.6. The summed E-state index contributed by atoms with van der Waals surface area (Å²) in [4.78, 5) is 6.39.